The van der Waals surface area contributed by atoms with Crippen LogP contribution in [0.15, 0.2) is 65.6 Å². The van der Waals surface area contributed by atoms with Crippen LogP contribution < -0.4 is 22.1 Å². The van der Waals surface area contributed by atoms with Crippen molar-refractivity contribution in [1.29, 1.82) is 0 Å². The van der Waals surface area contributed by atoms with Crippen LogP contribution in [0.25, 0.3) is 0 Å². The molecule has 50 heavy (non-hydrogen) atoms. The van der Waals surface area contributed by atoms with Crippen molar-refractivity contribution in [3.63, 3.8) is 0 Å². The summed E-state index contributed by atoms with van der Waals surface area (Å²) in [6.07, 6.45) is 4.43. The van der Waals surface area contributed by atoms with E-state index in [0.29, 0.717) is 45.3 Å². The largest absolute Gasteiger partial charge is 0.343 e. The summed E-state index contributed by atoms with van der Waals surface area (Å²) in [7, 11) is -4.00. The van der Waals surface area contributed by atoms with Gasteiger partial charge in [0.1, 0.15) is 12.1 Å². The third kappa shape index (κ3) is 12.5. The molecule has 2 aliphatic heterocycles. The van der Waals surface area contributed by atoms with Crippen molar-refractivity contribution < 1.29 is 32.1 Å². The molecule has 2 saturated heterocycles. The molecule has 0 bridgehead atoms. The van der Waals surface area contributed by atoms with Crippen LogP contribution in [0.3, 0.4) is 0 Å². The zero-order chi connectivity index (χ0) is 36.9. The highest BCUT2D eigenvalue weighted by Crippen LogP contribution is 2.40. The lowest BCUT2D eigenvalue weighted by atomic mass is 9.72. The normalized spacial score (nSPS) is 17.1. The topological polar surface area (TPSA) is 205 Å². The predicted octanol–water partition coefficient (Wildman–Crippen LogP) is 2.11. The van der Waals surface area contributed by atoms with Gasteiger partial charge in [-0.15, -0.1) is 0 Å². The molecule has 0 radical (unpaired) electrons. The number of hydrogen-bond donors (Lipinski definition) is 5. The summed E-state index contributed by atoms with van der Waals surface area (Å²) >= 11 is 0. The molecule has 0 saturated carbocycles. The third-order valence-electron chi connectivity index (χ3n) is 9.21. The number of nitrogens with one attached hydrogen (secondary N) is 2. The van der Waals surface area contributed by atoms with Crippen molar-refractivity contribution in [2.24, 2.45) is 22.8 Å². The second-order valence-corrected chi connectivity index (χ2v) is 15.2. The molecule has 0 aromatic heterocycles. The second-order valence-electron chi connectivity index (χ2n) is 13.8. The number of likely N-dealkylation sites (tertiary alicyclic amines) is 2. The van der Waals surface area contributed by atoms with E-state index in [0.717, 1.165) is 37.9 Å². The van der Waals surface area contributed by atoms with Gasteiger partial charge >= 0.3 is 0 Å². The standard InChI is InChI=1S/C30H48N6O4.C6H6O3S/c1-21(2)17-26(34-27(38)24(32)18-23-9-5-4-6-10-23)28(39)33-25(11-7-8-14-31)29(40)35-15-12-30(13-16-35)19-36(20-30)22(3)37;7-10(8,9)6-4-2-1-3-5-6/h4-6,9-10,21,24-26H,7-8,11-20,31-32H2,1-3H3,(H,33,39)(H,34,38);1-5H,(H,7,8,9)/t24-,25-,26-;/m1./s1. The Morgan fingerprint density at radius 3 is 1.92 bits per heavy atom. The van der Waals surface area contributed by atoms with E-state index in [1.807, 2.05) is 54.0 Å². The van der Waals surface area contributed by atoms with Gasteiger partial charge in [0.25, 0.3) is 10.1 Å². The van der Waals surface area contributed by atoms with Gasteiger partial charge in [0, 0.05) is 38.5 Å². The fraction of sp³-hybridized carbons (Fsp3) is 0.556. The van der Waals surface area contributed by atoms with Crippen LogP contribution in [-0.4, -0.2) is 97.2 Å². The molecular weight excluding hydrogens is 660 g/mol. The fourth-order valence-electron chi connectivity index (χ4n) is 6.28. The predicted molar refractivity (Wildman–Crippen MR) is 191 cm³/mol. The van der Waals surface area contributed by atoms with Gasteiger partial charge in [0.2, 0.25) is 23.6 Å². The van der Waals surface area contributed by atoms with Crippen LogP contribution in [0.5, 0.6) is 0 Å². The summed E-state index contributed by atoms with van der Waals surface area (Å²) in [5.74, 6) is -0.626. The van der Waals surface area contributed by atoms with Gasteiger partial charge < -0.3 is 31.9 Å². The van der Waals surface area contributed by atoms with Crippen molar-refractivity contribution in [2.75, 3.05) is 32.7 Å². The Balaban J connectivity index is 0.000000578. The molecule has 4 amide bonds. The highest BCUT2D eigenvalue weighted by atomic mass is 32.2. The highest BCUT2D eigenvalue weighted by molar-refractivity contribution is 7.85. The van der Waals surface area contributed by atoms with Crippen LogP contribution in [0, 0.1) is 11.3 Å². The van der Waals surface area contributed by atoms with E-state index in [1.165, 1.54) is 12.1 Å². The summed E-state index contributed by atoms with van der Waals surface area (Å²) in [6, 6.07) is 14.7. The first-order valence-corrected chi connectivity index (χ1v) is 18.8. The van der Waals surface area contributed by atoms with Gasteiger partial charge in [-0.1, -0.05) is 62.4 Å². The van der Waals surface area contributed by atoms with Crippen LogP contribution in [0.2, 0.25) is 0 Å². The van der Waals surface area contributed by atoms with E-state index in [9.17, 15) is 27.6 Å². The molecule has 3 atom stereocenters. The summed E-state index contributed by atoms with van der Waals surface area (Å²) in [6.45, 7) is 8.79. The van der Waals surface area contributed by atoms with E-state index in [-0.39, 0.29) is 33.9 Å². The molecule has 0 unspecified atom stereocenters. The monoisotopic (exact) mass is 714 g/mol. The first-order chi connectivity index (χ1) is 23.6. The summed E-state index contributed by atoms with van der Waals surface area (Å²) in [4.78, 5) is 55.3. The third-order valence-corrected chi connectivity index (χ3v) is 10.1. The van der Waals surface area contributed by atoms with E-state index < -0.39 is 34.2 Å². The van der Waals surface area contributed by atoms with Crippen molar-refractivity contribution in [2.45, 2.75) is 88.7 Å². The number of piperidine rings is 1. The number of rotatable bonds is 14. The molecule has 14 heteroatoms. The molecule has 2 aliphatic rings. The fourth-order valence-corrected chi connectivity index (χ4v) is 6.78. The first-order valence-electron chi connectivity index (χ1n) is 17.3. The van der Waals surface area contributed by atoms with Gasteiger partial charge in [0.05, 0.1) is 10.9 Å². The van der Waals surface area contributed by atoms with Crippen LogP contribution in [0.4, 0.5) is 0 Å². The molecule has 7 N–H and O–H groups in total. The lowest BCUT2D eigenvalue weighted by molar-refractivity contribution is -0.149. The van der Waals surface area contributed by atoms with Gasteiger partial charge in [-0.25, -0.2) is 0 Å². The minimum atomic E-state index is -4.00. The Kier molecular flexibility index (Phi) is 15.4. The average molecular weight is 715 g/mol. The lowest BCUT2D eigenvalue weighted by Crippen LogP contribution is -2.63. The SMILES string of the molecule is CC(=O)N1CC2(CCN(C(=O)[C@@H](CCCCN)NC(=O)[C@@H](CC(C)C)NC(=O)[C@H](N)Cc3ccccc3)CC2)C1.O=S(=O)(O)c1ccccc1. The molecule has 13 nitrogen and oxygen atoms in total. The number of unbranched alkanes of at least 4 members (excludes halogenated alkanes) is 1. The van der Waals surface area contributed by atoms with Crippen molar-refractivity contribution in [1.82, 2.24) is 20.4 Å². The molecule has 2 aromatic rings. The Morgan fingerprint density at radius 2 is 1.42 bits per heavy atom. The number of carbonyl (C=O) groups is 4. The van der Waals surface area contributed by atoms with Gasteiger partial charge in [0.15, 0.2) is 0 Å². The quantitative estimate of drug-likeness (QED) is 0.143. The van der Waals surface area contributed by atoms with Gasteiger partial charge in [-0.05, 0) is 75.1 Å². The van der Waals surface area contributed by atoms with Gasteiger partial charge in [-0.2, -0.15) is 8.42 Å². The highest BCUT2D eigenvalue weighted by Gasteiger charge is 2.47. The Bertz CT molecular complexity index is 1510. The summed E-state index contributed by atoms with van der Waals surface area (Å²) in [5, 5.41) is 5.81. The van der Waals surface area contributed by atoms with E-state index >= 15 is 0 Å². The summed E-state index contributed by atoms with van der Waals surface area (Å²) in [5.41, 5.74) is 12.9. The zero-order valence-corrected chi connectivity index (χ0v) is 30.2. The van der Waals surface area contributed by atoms with Gasteiger partial charge in [-0.3, -0.25) is 23.7 Å². The van der Waals surface area contributed by atoms with E-state index in [4.69, 9.17) is 16.0 Å². The van der Waals surface area contributed by atoms with Crippen molar-refractivity contribution >= 4 is 33.7 Å². The Hall–Kier alpha value is -3.85. The number of hydrogen-bond acceptors (Lipinski definition) is 8. The second kappa shape index (κ2) is 18.9. The van der Waals surface area contributed by atoms with Crippen molar-refractivity contribution in [3.05, 3.63) is 66.2 Å². The molecular formula is C36H54N6O7S. The number of carbonyl (C=O) groups excluding carboxylic acids is 4. The number of nitrogens with two attached hydrogens (primary N) is 2. The smallest absolute Gasteiger partial charge is 0.294 e. The molecule has 2 fully saturated rings. The molecule has 2 aromatic carbocycles. The Labute approximate surface area is 296 Å². The number of benzene rings is 2. The molecule has 1 spiro atoms. The molecule has 2 heterocycles. The van der Waals surface area contributed by atoms with Crippen LogP contribution in [0.1, 0.15) is 64.9 Å². The minimum Gasteiger partial charge on any atom is -0.343 e. The Morgan fingerprint density at radius 1 is 0.860 bits per heavy atom. The maximum Gasteiger partial charge on any atom is 0.294 e. The lowest BCUT2D eigenvalue weighted by Gasteiger charge is -2.54. The van der Waals surface area contributed by atoms with Crippen molar-refractivity contribution in [3.8, 4) is 0 Å². The maximum atomic E-state index is 13.6. The van der Waals surface area contributed by atoms with Crippen LogP contribution >= 0.6 is 0 Å². The average Bonchev–Trinajstić information content (AvgIpc) is 3.06. The van der Waals surface area contributed by atoms with E-state index in [2.05, 4.69) is 10.6 Å². The molecule has 276 valence electrons. The zero-order valence-electron chi connectivity index (χ0n) is 29.4. The summed E-state index contributed by atoms with van der Waals surface area (Å²) < 4.78 is 29.2. The first kappa shape index (κ1) is 40.6. The van der Waals surface area contributed by atoms with Crippen LogP contribution in [-0.2, 0) is 35.7 Å². The number of amides is 4. The minimum absolute atomic E-state index is 0.0741. The van der Waals surface area contributed by atoms with E-state index in [1.54, 1.807) is 25.1 Å². The maximum absolute atomic E-state index is 13.6. The molecule has 0 aliphatic carbocycles. The molecule has 4 rings (SSSR count). The number of nitrogens with zero attached hydrogens (tertiary/aromatic N) is 2.